The lowest BCUT2D eigenvalue weighted by atomic mass is 10.0. The van der Waals surface area contributed by atoms with Gasteiger partial charge in [-0.1, -0.05) is 19.1 Å². The summed E-state index contributed by atoms with van der Waals surface area (Å²) in [5.74, 6) is -0.0825. The second kappa shape index (κ2) is 9.25. The predicted octanol–water partition coefficient (Wildman–Crippen LogP) is 2.08. The lowest BCUT2D eigenvalue weighted by Crippen LogP contribution is -2.47. The van der Waals surface area contributed by atoms with E-state index in [1.165, 1.54) is 0 Å². The van der Waals surface area contributed by atoms with Crippen molar-refractivity contribution in [3.05, 3.63) is 29.8 Å². The lowest BCUT2D eigenvalue weighted by Gasteiger charge is -2.33. The second-order valence-corrected chi connectivity index (χ2v) is 7.69. The van der Waals surface area contributed by atoms with Gasteiger partial charge in [0.15, 0.2) is 0 Å². The second-order valence-electron chi connectivity index (χ2n) is 5.85. The Morgan fingerprint density at radius 3 is 2.71 bits per heavy atom. The smallest absolute Gasteiger partial charge is 0.256 e. The van der Waals surface area contributed by atoms with E-state index in [-0.39, 0.29) is 30.1 Å². The summed E-state index contributed by atoms with van der Waals surface area (Å²) in [6.07, 6.45) is 2.52. The molecule has 24 heavy (non-hydrogen) atoms. The third-order valence-corrected chi connectivity index (χ3v) is 5.49. The van der Waals surface area contributed by atoms with Gasteiger partial charge in [-0.2, -0.15) is 0 Å². The molecule has 136 valence electrons. The maximum Gasteiger partial charge on any atom is 0.256 e. The van der Waals surface area contributed by atoms with Crippen molar-refractivity contribution in [1.82, 2.24) is 10.2 Å². The predicted molar refractivity (Wildman–Crippen MR) is 99.4 cm³/mol. The number of likely N-dealkylation sites (N-methyl/N-ethyl adjacent to an activating group) is 1. The van der Waals surface area contributed by atoms with Crippen LogP contribution in [0.4, 0.5) is 5.69 Å². The highest BCUT2D eigenvalue weighted by Crippen LogP contribution is 2.21. The van der Waals surface area contributed by atoms with Gasteiger partial charge < -0.3 is 10.2 Å². The maximum atomic E-state index is 12.8. The minimum Gasteiger partial charge on any atom is -0.337 e. The van der Waals surface area contributed by atoms with Crippen molar-refractivity contribution >= 4 is 34.0 Å². The van der Waals surface area contributed by atoms with Gasteiger partial charge in [-0.15, -0.1) is 12.4 Å². The number of piperidine rings is 1. The Morgan fingerprint density at radius 2 is 2.04 bits per heavy atom. The average Bonchev–Trinajstić information content (AvgIpc) is 2.54. The molecule has 1 heterocycles. The molecule has 1 saturated heterocycles. The van der Waals surface area contributed by atoms with Crippen LogP contribution in [0.3, 0.4) is 0 Å². The number of nitrogens with zero attached hydrogens (tertiary/aromatic N) is 1. The number of rotatable bonds is 6. The molecule has 1 unspecified atom stereocenters. The summed E-state index contributed by atoms with van der Waals surface area (Å²) in [5.41, 5.74) is 0.765. The number of carbonyl (C=O) groups excluding carboxylic acids is 1. The molecule has 6 nitrogen and oxygen atoms in total. The molecule has 0 aromatic heterocycles. The number of anilines is 1. The van der Waals surface area contributed by atoms with Gasteiger partial charge in [0.2, 0.25) is 10.0 Å². The molecule has 1 aromatic carbocycles. The molecule has 2 rings (SSSR count). The number of hydrogen-bond donors (Lipinski definition) is 2. The number of carbonyl (C=O) groups is 1. The summed E-state index contributed by atoms with van der Waals surface area (Å²) < 4.78 is 26.5. The average molecular weight is 376 g/mol. The minimum absolute atomic E-state index is 0. The largest absolute Gasteiger partial charge is 0.337 e. The number of para-hydroxylation sites is 1. The lowest BCUT2D eigenvalue weighted by molar-refractivity contribution is 0.0699. The number of halogens is 1. The molecule has 2 N–H and O–H groups in total. The maximum absolute atomic E-state index is 12.8. The van der Waals surface area contributed by atoms with Crippen LogP contribution in [0.15, 0.2) is 24.3 Å². The first-order chi connectivity index (χ1) is 11.0. The molecular formula is C16H26ClN3O3S. The summed E-state index contributed by atoms with van der Waals surface area (Å²) >= 11 is 0. The Hall–Kier alpha value is -1.31. The Bertz CT molecular complexity index is 652. The van der Waals surface area contributed by atoms with Crippen molar-refractivity contribution < 1.29 is 13.2 Å². The molecule has 1 amide bonds. The molecule has 1 aromatic rings. The first-order valence-corrected chi connectivity index (χ1v) is 9.68. The van der Waals surface area contributed by atoms with Crippen LogP contribution < -0.4 is 10.0 Å². The van der Waals surface area contributed by atoms with E-state index in [1.807, 2.05) is 14.0 Å². The third kappa shape index (κ3) is 5.36. The zero-order chi connectivity index (χ0) is 16.9. The first-order valence-electron chi connectivity index (χ1n) is 8.03. The number of hydrogen-bond acceptors (Lipinski definition) is 4. The molecule has 1 fully saturated rings. The van der Waals surface area contributed by atoms with E-state index >= 15 is 0 Å². The topological polar surface area (TPSA) is 78.5 Å². The summed E-state index contributed by atoms with van der Waals surface area (Å²) in [6, 6.07) is 7.09. The van der Waals surface area contributed by atoms with Crippen molar-refractivity contribution in [2.45, 2.75) is 32.2 Å². The Labute approximate surface area is 150 Å². The molecule has 1 aliphatic rings. The summed E-state index contributed by atoms with van der Waals surface area (Å²) in [5, 5.41) is 3.20. The van der Waals surface area contributed by atoms with E-state index in [0.29, 0.717) is 30.8 Å². The van der Waals surface area contributed by atoms with E-state index in [0.717, 1.165) is 12.8 Å². The van der Waals surface area contributed by atoms with Crippen LogP contribution in [0.25, 0.3) is 0 Å². The highest BCUT2D eigenvalue weighted by Gasteiger charge is 2.25. The van der Waals surface area contributed by atoms with Crippen LogP contribution in [0.1, 0.15) is 36.5 Å². The van der Waals surface area contributed by atoms with E-state index in [4.69, 9.17) is 0 Å². The van der Waals surface area contributed by atoms with Gasteiger partial charge in [-0.25, -0.2) is 8.42 Å². The zero-order valence-corrected chi connectivity index (χ0v) is 15.8. The monoisotopic (exact) mass is 375 g/mol. The Kier molecular flexibility index (Phi) is 7.99. The SMILES string of the molecule is CCCS(=O)(=O)Nc1ccccc1C(=O)N1CCCC(NC)C1.Cl. The standard InChI is InChI=1S/C16H25N3O3S.ClH/c1-3-11-23(21,22)18-15-9-5-4-8-14(15)16(20)19-10-6-7-13(12-19)17-2;/h4-5,8-9,13,17-18H,3,6-7,10-12H2,1-2H3;1H. The fourth-order valence-corrected chi connectivity index (χ4v) is 3.97. The number of amides is 1. The fraction of sp³-hybridized carbons (Fsp3) is 0.562. The highest BCUT2D eigenvalue weighted by atomic mass is 35.5. The quantitative estimate of drug-likeness (QED) is 0.797. The van der Waals surface area contributed by atoms with Crippen LogP contribution in [0.5, 0.6) is 0 Å². The molecular weight excluding hydrogens is 350 g/mol. The Balaban J connectivity index is 0.00000288. The first kappa shape index (κ1) is 20.7. The number of benzene rings is 1. The van der Waals surface area contributed by atoms with E-state index in [9.17, 15) is 13.2 Å². The molecule has 0 saturated carbocycles. The summed E-state index contributed by atoms with van der Waals surface area (Å²) in [6.45, 7) is 3.15. The fourth-order valence-electron chi connectivity index (χ4n) is 2.81. The summed E-state index contributed by atoms with van der Waals surface area (Å²) in [7, 11) is -1.53. The van der Waals surface area contributed by atoms with Gasteiger partial charge in [0.1, 0.15) is 0 Å². The van der Waals surface area contributed by atoms with Crippen LogP contribution in [-0.2, 0) is 10.0 Å². The molecule has 0 bridgehead atoms. The van der Waals surface area contributed by atoms with Crippen molar-refractivity contribution in [1.29, 1.82) is 0 Å². The molecule has 1 aliphatic heterocycles. The van der Waals surface area contributed by atoms with Crippen molar-refractivity contribution in [3.8, 4) is 0 Å². The molecule has 0 spiro atoms. The highest BCUT2D eigenvalue weighted by molar-refractivity contribution is 7.92. The zero-order valence-electron chi connectivity index (χ0n) is 14.1. The number of nitrogens with one attached hydrogen (secondary N) is 2. The molecule has 8 heteroatoms. The van der Waals surface area contributed by atoms with E-state index in [2.05, 4.69) is 10.0 Å². The minimum atomic E-state index is -3.42. The van der Waals surface area contributed by atoms with Crippen molar-refractivity contribution in [3.63, 3.8) is 0 Å². The summed E-state index contributed by atoms with van der Waals surface area (Å²) in [4.78, 5) is 14.6. The van der Waals surface area contributed by atoms with Crippen LogP contribution in [-0.4, -0.2) is 51.2 Å². The van der Waals surface area contributed by atoms with Crippen LogP contribution >= 0.6 is 12.4 Å². The van der Waals surface area contributed by atoms with Gasteiger partial charge in [0.05, 0.1) is 17.0 Å². The van der Waals surface area contributed by atoms with Gasteiger partial charge in [0, 0.05) is 19.1 Å². The van der Waals surface area contributed by atoms with Gasteiger partial charge >= 0.3 is 0 Å². The normalized spacial score (nSPS) is 17.9. The number of likely N-dealkylation sites (tertiary alicyclic amines) is 1. The van der Waals surface area contributed by atoms with Crippen LogP contribution in [0.2, 0.25) is 0 Å². The van der Waals surface area contributed by atoms with Crippen molar-refractivity contribution in [2.75, 3.05) is 30.6 Å². The van der Waals surface area contributed by atoms with Gasteiger partial charge in [0.25, 0.3) is 5.91 Å². The molecule has 0 aliphatic carbocycles. The van der Waals surface area contributed by atoms with Gasteiger partial charge in [-0.05, 0) is 38.4 Å². The molecule has 0 radical (unpaired) electrons. The third-order valence-electron chi connectivity index (χ3n) is 4.01. The molecule has 1 atom stereocenters. The van der Waals surface area contributed by atoms with Crippen LogP contribution in [0, 0.1) is 0 Å². The van der Waals surface area contributed by atoms with E-state index in [1.54, 1.807) is 29.2 Å². The van der Waals surface area contributed by atoms with Crippen molar-refractivity contribution in [2.24, 2.45) is 0 Å². The number of sulfonamides is 1. The van der Waals surface area contributed by atoms with E-state index < -0.39 is 10.0 Å². The Morgan fingerprint density at radius 1 is 1.33 bits per heavy atom. The van der Waals surface area contributed by atoms with Gasteiger partial charge in [-0.3, -0.25) is 9.52 Å².